The Morgan fingerprint density at radius 3 is 2.28 bits per heavy atom. The number of aryl methyl sites for hydroxylation is 1. The van der Waals surface area contributed by atoms with E-state index in [1.54, 1.807) is 0 Å². The van der Waals surface area contributed by atoms with E-state index in [1.807, 2.05) is 48.3 Å². The van der Waals surface area contributed by atoms with Crippen LogP contribution in [0, 0.1) is 0 Å². The molecule has 0 aliphatic heterocycles. The third-order valence-corrected chi connectivity index (χ3v) is 2.97. The number of hydrogen-bond acceptors (Lipinski definition) is 4. The van der Waals surface area contributed by atoms with Gasteiger partial charge in [0.05, 0.1) is 5.69 Å². The van der Waals surface area contributed by atoms with Gasteiger partial charge in [-0.2, -0.15) is 5.10 Å². The number of aromatic nitrogens is 2. The summed E-state index contributed by atoms with van der Waals surface area (Å²) >= 11 is 0. The molecule has 18 heavy (non-hydrogen) atoms. The van der Waals surface area contributed by atoms with Crippen LogP contribution in [0.15, 0.2) is 36.4 Å². The quantitative estimate of drug-likeness (QED) is 0.893. The molecule has 0 atom stereocenters. The molecule has 94 valence electrons. The molecule has 0 aliphatic carbocycles. The van der Waals surface area contributed by atoms with Crippen molar-refractivity contribution in [1.29, 1.82) is 0 Å². The molecule has 2 N–H and O–H groups in total. The predicted octanol–water partition coefficient (Wildman–Crippen LogP) is 2.27. The van der Waals surface area contributed by atoms with Gasteiger partial charge < -0.3 is 10.6 Å². The Bertz CT molecular complexity index is 443. The van der Waals surface area contributed by atoms with Crippen LogP contribution in [0.3, 0.4) is 0 Å². The van der Waals surface area contributed by atoms with Crippen molar-refractivity contribution in [3.8, 4) is 0 Å². The summed E-state index contributed by atoms with van der Waals surface area (Å²) in [6.07, 6.45) is 0.905. The summed E-state index contributed by atoms with van der Waals surface area (Å²) in [5.41, 5.74) is 8.79. The molecule has 0 saturated heterocycles. The Kier molecular flexibility index (Phi) is 3.89. The van der Waals surface area contributed by atoms with Crippen molar-refractivity contribution < 1.29 is 0 Å². The molecule has 0 fully saturated rings. The van der Waals surface area contributed by atoms with Gasteiger partial charge in [0.15, 0.2) is 5.82 Å². The zero-order valence-electron chi connectivity index (χ0n) is 10.8. The molecule has 0 spiro atoms. The molecule has 1 heterocycles. The second kappa shape index (κ2) is 5.60. The van der Waals surface area contributed by atoms with E-state index in [0.717, 1.165) is 29.2 Å². The lowest BCUT2D eigenvalue weighted by molar-refractivity contribution is 0.904. The molecule has 4 heteroatoms. The van der Waals surface area contributed by atoms with Crippen molar-refractivity contribution in [3.63, 3.8) is 0 Å². The first-order valence-corrected chi connectivity index (χ1v) is 6.10. The molecule has 1 aromatic heterocycles. The third kappa shape index (κ3) is 2.65. The summed E-state index contributed by atoms with van der Waals surface area (Å²) in [6.45, 7) is 2.63. The topological polar surface area (TPSA) is 55.0 Å². The van der Waals surface area contributed by atoms with Crippen LogP contribution in [-0.4, -0.2) is 17.2 Å². The maximum atomic E-state index is 5.58. The van der Waals surface area contributed by atoms with Gasteiger partial charge in [0, 0.05) is 19.3 Å². The number of nitrogens with two attached hydrogens (primary N) is 1. The average Bonchev–Trinajstić information content (AvgIpc) is 2.47. The standard InChI is InChI=1S/C14H18N4/c1-3-12-6-9-14(17-16-12)18(2)13-7-4-11(10-15)5-8-13/h4-9H,3,10,15H2,1-2H3. The molecular formula is C14H18N4. The van der Waals surface area contributed by atoms with Crippen LogP contribution >= 0.6 is 0 Å². The van der Waals surface area contributed by atoms with E-state index in [1.165, 1.54) is 0 Å². The zero-order chi connectivity index (χ0) is 13.0. The Hall–Kier alpha value is -1.94. The maximum absolute atomic E-state index is 5.58. The monoisotopic (exact) mass is 242 g/mol. The van der Waals surface area contributed by atoms with Gasteiger partial charge in [-0.05, 0) is 36.2 Å². The summed E-state index contributed by atoms with van der Waals surface area (Å²) in [5.74, 6) is 0.840. The van der Waals surface area contributed by atoms with Gasteiger partial charge in [0.1, 0.15) is 0 Å². The van der Waals surface area contributed by atoms with E-state index < -0.39 is 0 Å². The van der Waals surface area contributed by atoms with E-state index in [0.29, 0.717) is 6.54 Å². The van der Waals surface area contributed by atoms with Gasteiger partial charge in [0.25, 0.3) is 0 Å². The van der Waals surface area contributed by atoms with Crippen molar-refractivity contribution in [1.82, 2.24) is 10.2 Å². The van der Waals surface area contributed by atoms with E-state index in [-0.39, 0.29) is 0 Å². The van der Waals surface area contributed by atoms with Gasteiger partial charge in [-0.15, -0.1) is 5.10 Å². The minimum Gasteiger partial charge on any atom is -0.328 e. The average molecular weight is 242 g/mol. The Labute approximate surface area is 107 Å². The number of rotatable bonds is 4. The van der Waals surface area contributed by atoms with Crippen LogP contribution in [0.4, 0.5) is 11.5 Å². The molecule has 0 radical (unpaired) electrons. The molecule has 2 rings (SSSR count). The maximum Gasteiger partial charge on any atom is 0.155 e. The predicted molar refractivity (Wildman–Crippen MR) is 73.8 cm³/mol. The van der Waals surface area contributed by atoms with Crippen LogP contribution < -0.4 is 10.6 Å². The van der Waals surface area contributed by atoms with Gasteiger partial charge in [0.2, 0.25) is 0 Å². The number of nitrogens with zero attached hydrogens (tertiary/aromatic N) is 3. The zero-order valence-corrected chi connectivity index (χ0v) is 10.8. The van der Waals surface area contributed by atoms with Crippen LogP contribution in [0.2, 0.25) is 0 Å². The van der Waals surface area contributed by atoms with Gasteiger partial charge in [-0.3, -0.25) is 0 Å². The Morgan fingerprint density at radius 2 is 1.78 bits per heavy atom. The van der Waals surface area contributed by atoms with E-state index >= 15 is 0 Å². The van der Waals surface area contributed by atoms with E-state index in [4.69, 9.17) is 5.73 Å². The lowest BCUT2D eigenvalue weighted by atomic mass is 10.2. The highest BCUT2D eigenvalue weighted by atomic mass is 15.2. The van der Waals surface area contributed by atoms with Gasteiger partial charge in [-0.1, -0.05) is 19.1 Å². The summed E-state index contributed by atoms with van der Waals surface area (Å²) < 4.78 is 0. The molecule has 0 bridgehead atoms. The fourth-order valence-corrected chi connectivity index (χ4v) is 1.71. The lowest BCUT2D eigenvalue weighted by Gasteiger charge is -2.18. The number of hydrogen-bond donors (Lipinski definition) is 1. The number of benzene rings is 1. The molecule has 2 aromatic rings. The summed E-state index contributed by atoms with van der Waals surface area (Å²) in [5, 5.41) is 8.39. The first-order valence-electron chi connectivity index (χ1n) is 6.10. The van der Waals surface area contributed by atoms with Crippen LogP contribution in [-0.2, 0) is 13.0 Å². The highest BCUT2D eigenvalue weighted by Gasteiger charge is 2.05. The van der Waals surface area contributed by atoms with Crippen LogP contribution in [0.1, 0.15) is 18.2 Å². The van der Waals surface area contributed by atoms with Crippen molar-refractivity contribution in [2.75, 3.05) is 11.9 Å². The number of anilines is 2. The van der Waals surface area contributed by atoms with Crippen LogP contribution in [0.25, 0.3) is 0 Å². The fourth-order valence-electron chi connectivity index (χ4n) is 1.71. The van der Waals surface area contributed by atoms with Crippen molar-refractivity contribution >= 4 is 11.5 Å². The van der Waals surface area contributed by atoms with Crippen molar-refractivity contribution in [2.45, 2.75) is 19.9 Å². The second-order valence-corrected chi connectivity index (χ2v) is 4.17. The fraction of sp³-hybridized carbons (Fsp3) is 0.286. The molecule has 0 aliphatic rings. The third-order valence-electron chi connectivity index (χ3n) is 2.97. The first kappa shape index (κ1) is 12.5. The van der Waals surface area contributed by atoms with E-state index in [9.17, 15) is 0 Å². The molecule has 1 aromatic carbocycles. The minimum atomic E-state index is 0.564. The first-order chi connectivity index (χ1) is 8.74. The molecule has 0 amide bonds. The normalized spacial score (nSPS) is 10.4. The van der Waals surface area contributed by atoms with Gasteiger partial charge >= 0.3 is 0 Å². The van der Waals surface area contributed by atoms with E-state index in [2.05, 4.69) is 17.1 Å². The summed E-state index contributed by atoms with van der Waals surface area (Å²) in [6, 6.07) is 12.1. The minimum absolute atomic E-state index is 0.564. The smallest absolute Gasteiger partial charge is 0.155 e. The summed E-state index contributed by atoms with van der Waals surface area (Å²) in [4.78, 5) is 2.01. The second-order valence-electron chi connectivity index (χ2n) is 4.17. The molecule has 4 nitrogen and oxygen atoms in total. The largest absolute Gasteiger partial charge is 0.328 e. The van der Waals surface area contributed by atoms with Crippen molar-refractivity contribution in [2.24, 2.45) is 5.73 Å². The van der Waals surface area contributed by atoms with Gasteiger partial charge in [-0.25, -0.2) is 0 Å². The SMILES string of the molecule is CCc1ccc(N(C)c2ccc(CN)cc2)nn1. The highest BCUT2D eigenvalue weighted by molar-refractivity contribution is 5.58. The summed E-state index contributed by atoms with van der Waals surface area (Å²) in [7, 11) is 1.98. The highest BCUT2D eigenvalue weighted by Crippen LogP contribution is 2.21. The molecular weight excluding hydrogens is 224 g/mol. The van der Waals surface area contributed by atoms with Crippen molar-refractivity contribution in [3.05, 3.63) is 47.7 Å². The lowest BCUT2D eigenvalue weighted by Crippen LogP contribution is -2.12. The Morgan fingerprint density at radius 1 is 1.06 bits per heavy atom. The van der Waals surface area contributed by atoms with Crippen LogP contribution in [0.5, 0.6) is 0 Å². The molecule has 0 unspecified atom stereocenters. The Balaban J connectivity index is 2.20. The molecule has 0 saturated carbocycles.